The number of carbonyl (C=O) groups is 3. The first-order chi connectivity index (χ1) is 10.5. The van der Waals surface area contributed by atoms with E-state index in [2.05, 4.69) is 5.32 Å². The predicted octanol–water partition coefficient (Wildman–Crippen LogP) is 0.995. The number of hydrogen-bond acceptors (Lipinski definition) is 6. The van der Waals surface area contributed by atoms with Crippen LogP contribution in [0.2, 0.25) is 0 Å². The number of ketones is 2. The molecule has 2 atom stereocenters. The number of methoxy groups -OCH3 is 2. The monoisotopic (exact) mass is 307 g/mol. The average molecular weight is 307 g/mol. The molecule has 1 rings (SSSR count). The van der Waals surface area contributed by atoms with Crippen molar-refractivity contribution in [1.29, 1.82) is 0 Å². The zero-order valence-electron chi connectivity index (χ0n) is 13.0. The Balaban J connectivity index is 2.91. The molecule has 1 aromatic carbocycles. The molecule has 0 aliphatic carbocycles. The van der Waals surface area contributed by atoms with E-state index in [4.69, 9.17) is 9.47 Å². The minimum Gasteiger partial charge on any atom is -0.468 e. The molecule has 0 bridgehead atoms. The van der Waals surface area contributed by atoms with Gasteiger partial charge in [0.05, 0.1) is 7.11 Å². The van der Waals surface area contributed by atoms with Crippen LogP contribution >= 0.6 is 0 Å². The molecule has 0 spiro atoms. The molecular weight excluding hydrogens is 286 g/mol. The van der Waals surface area contributed by atoms with Crippen molar-refractivity contribution in [3.8, 4) is 0 Å². The van der Waals surface area contributed by atoms with Gasteiger partial charge in [-0.05, 0) is 13.3 Å². The van der Waals surface area contributed by atoms with Gasteiger partial charge in [-0.3, -0.25) is 19.7 Å². The van der Waals surface area contributed by atoms with Gasteiger partial charge >= 0.3 is 5.97 Å². The maximum absolute atomic E-state index is 12.4. The van der Waals surface area contributed by atoms with E-state index < -0.39 is 18.1 Å². The summed E-state index contributed by atoms with van der Waals surface area (Å²) in [5.74, 6) is -1.27. The van der Waals surface area contributed by atoms with Gasteiger partial charge in [-0.2, -0.15) is 0 Å². The molecule has 6 nitrogen and oxygen atoms in total. The Morgan fingerprint density at radius 2 is 1.77 bits per heavy atom. The minimum atomic E-state index is -1.09. The topological polar surface area (TPSA) is 81.7 Å². The SMILES string of the molecule is COCCC(NC(C(C)=O)C(=O)c1ccccc1)C(=O)OC. The summed E-state index contributed by atoms with van der Waals surface area (Å²) in [6.07, 6.45) is 0.301. The van der Waals surface area contributed by atoms with Gasteiger partial charge in [-0.1, -0.05) is 30.3 Å². The number of ether oxygens (including phenoxy) is 2. The van der Waals surface area contributed by atoms with Gasteiger partial charge in [-0.25, -0.2) is 0 Å². The summed E-state index contributed by atoms with van der Waals surface area (Å²) in [4.78, 5) is 36.0. The minimum absolute atomic E-state index is 0.301. The fourth-order valence-electron chi connectivity index (χ4n) is 2.00. The second-order valence-electron chi connectivity index (χ2n) is 4.80. The molecule has 0 aliphatic heterocycles. The zero-order valence-corrected chi connectivity index (χ0v) is 13.0. The molecule has 0 radical (unpaired) electrons. The summed E-state index contributed by atoms with van der Waals surface area (Å²) in [5, 5.41) is 2.78. The Kier molecular flexibility index (Phi) is 7.42. The molecule has 0 heterocycles. The molecule has 1 aromatic rings. The number of rotatable bonds is 9. The van der Waals surface area contributed by atoms with Crippen LogP contribution in [0.4, 0.5) is 0 Å². The molecule has 6 heteroatoms. The van der Waals surface area contributed by atoms with Crippen LogP contribution < -0.4 is 5.32 Å². The summed E-state index contributed by atoms with van der Waals surface area (Å²) in [6.45, 7) is 1.61. The Bertz CT molecular complexity index is 515. The number of esters is 1. The van der Waals surface area contributed by atoms with Gasteiger partial charge in [-0.15, -0.1) is 0 Å². The maximum atomic E-state index is 12.4. The molecule has 2 unspecified atom stereocenters. The molecule has 0 amide bonds. The lowest BCUT2D eigenvalue weighted by atomic mass is 10.00. The van der Waals surface area contributed by atoms with Crippen molar-refractivity contribution in [2.45, 2.75) is 25.4 Å². The van der Waals surface area contributed by atoms with Crippen LogP contribution in [0.15, 0.2) is 30.3 Å². The van der Waals surface area contributed by atoms with Gasteiger partial charge in [0.1, 0.15) is 12.1 Å². The first-order valence-corrected chi connectivity index (χ1v) is 6.93. The van der Waals surface area contributed by atoms with E-state index in [1.807, 2.05) is 0 Å². The lowest BCUT2D eigenvalue weighted by Gasteiger charge is -2.21. The molecule has 0 saturated heterocycles. The van der Waals surface area contributed by atoms with Crippen molar-refractivity contribution in [2.75, 3.05) is 20.8 Å². The lowest BCUT2D eigenvalue weighted by molar-refractivity contribution is -0.143. The average Bonchev–Trinajstić information content (AvgIpc) is 2.54. The zero-order chi connectivity index (χ0) is 16.5. The van der Waals surface area contributed by atoms with Crippen molar-refractivity contribution < 1.29 is 23.9 Å². The number of benzene rings is 1. The predicted molar refractivity (Wildman–Crippen MR) is 80.7 cm³/mol. The number of hydrogen-bond donors (Lipinski definition) is 1. The highest BCUT2D eigenvalue weighted by molar-refractivity contribution is 6.13. The summed E-state index contributed by atoms with van der Waals surface area (Å²) >= 11 is 0. The third kappa shape index (κ3) is 5.05. The van der Waals surface area contributed by atoms with Crippen molar-refractivity contribution in [3.05, 3.63) is 35.9 Å². The van der Waals surface area contributed by atoms with Crippen LogP contribution in [0, 0.1) is 0 Å². The Morgan fingerprint density at radius 1 is 1.14 bits per heavy atom. The van der Waals surface area contributed by atoms with Crippen LogP contribution in [-0.4, -0.2) is 50.4 Å². The van der Waals surface area contributed by atoms with Crippen LogP contribution in [0.25, 0.3) is 0 Å². The Labute approximate surface area is 129 Å². The van der Waals surface area contributed by atoms with Crippen LogP contribution in [-0.2, 0) is 19.1 Å². The van der Waals surface area contributed by atoms with E-state index in [0.29, 0.717) is 18.6 Å². The van der Waals surface area contributed by atoms with E-state index in [1.165, 1.54) is 21.1 Å². The van der Waals surface area contributed by atoms with Gasteiger partial charge in [0, 0.05) is 19.3 Å². The molecule has 22 heavy (non-hydrogen) atoms. The second-order valence-corrected chi connectivity index (χ2v) is 4.80. The lowest BCUT2D eigenvalue weighted by Crippen LogP contribution is -2.51. The van der Waals surface area contributed by atoms with Gasteiger partial charge in [0.15, 0.2) is 11.6 Å². The number of nitrogens with one attached hydrogen (secondary N) is 1. The highest BCUT2D eigenvalue weighted by atomic mass is 16.5. The first-order valence-electron chi connectivity index (χ1n) is 6.93. The van der Waals surface area contributed by atoms with E-state index >= 15 is 0 Å². The standard InChI is InChI=1S/C16H21NO5/c1-11(18)14(15(19)12-7-5-4-6-8-12)17-13(9-10-21-2)16(20)22-3/h4-8,13-14,17H,9-10H2,1-3H3. The highest BCUT2D eigenvalue weighted by Crippen LogP contribution is 2.07. The smallest absolute Gasteiger partial charge is 0.322 e. The number of carbonyl (C=O) groups excluding carboxylic acids is 3. The second kappa shape index (κ2) is 9.07. The van der Waals surface area contributed by atoms with E-state index in [0.717, 1.165) is 0 Å². The third-order valence-electron chi connectivity index (χ3n) is 3.19. The van der Waals surface area contributed by atoms with Gasteiger partial charge < -0.3 is 9.47 Å². The van der Waals surface area contributed by atoms with Crippen LogP contribution in [0.5, 0.6) is 0 Å². The molecule has 0 aromatic heterocycles. The van der Waals surface area contributed by atoms with Gasteiger partial charge in [0.25, 0.3) is 0 Å². The number of Topliss-reactive ketones (excluding diaryl/α,β-unsaturated/α-hetero) is 2. The van der Waals surface area contributed by atoms with E-state index in [1.54, 1.807) is 30.3 Å². The molecule has 1 N–H and O–H groups in total. The normalized spacial score (nSPS) is 13.2. The Morgan fingerprint density at radius 3 is 2.27 bits per heavy atom. The largest absolute Gasteiger partial charge is 0.468 e. The van der Waals surface area contributed by atoms with E-state index in [9.17, 15) is 14.4 Å². The van der Waals surface area contributed by atoms with Crippen molar-refractivity contribution >= 4 is 17.5 Å². The summed E-state index contributed by atoms with van der Waals surface area (Å²) in [7, 11) is 2.76. The maximum Gasteiger partial charge on any atom is 0.322 e. The van der Waals surface area contributed by atoms with Gasteiger partial charge in [0.2, 0.25) is 0 Å². The fraction of sp³-hybridized carbons (Fsp3) is 0.438. The molecule has 0 fully saturated rings. The van der Waals surface area contributed by atoms with E-state index in [-0.39, 0.29) is 11.6 Å². The molecule has 0 aliphatic rings. The van der Waals surface area contributed by atoms with Crippen molar-refractivity contribution in [2.24, 2.45) is 0 Å². The van der Waals surface area contributed by atoms with Crippen molar-refractivity contribution in [3.63, 3.8) is 0 Å². The summed E-state index contributed by atoms with van der Waals surface area (Å²) in [5.41, 5.74) is 0.408. The first kappa shape index (κ1) is 18.0. The van der Waals surface area contributed by atoms with Crippen molar-refractivity contribution in [1.82, 2.24) is 5.32 Å². The van der Waals surface area contributed by atoms with Crippen LogP contribution in [0.1, 0.15) is 23.7 Å². The summed E-state index contributed by atoms with van der Waals surface area (Å²) < 4.78 is 9.63. The fourth-order valence-corrected chi connectivity index (χ4v) is 2.00. The van der Waals surface area contributed by atoms with Crippen LogP contribution in [0.3, 0.4) is 0 Å². The third-order valence-corrected chi connectivity index (χ3v) is 3.19. The quantitative estimate of drug-likeness (QED) is 0.416. The molecule has 0 saturated carbocycles. The Hall–Kier alpha value is -2.05. The molecule has 120 valence electrons. The summed E-state index contributed by atoms with van der Waals surface area (Å²) in [6, 6.07) is 6.59. The molecular formula is C16H21NO5. The highest BCUT2D eigenvalue weighted by Gasteiger charge is 2.30.